The third-order valence-corrected chi connectivity index (χ3v) is 7.59. The Kier molecular flexibility index (Phi) is 15.1. The molecule has 0 fully saturated rings. The zero-order valence-electron chi connectivity index (χ0n) is 23.2. The molecular weight excluding hydrogens is 581 g/mol. The van der Waals surface area contributed by atoms with Crippen LogP contribution in [0.4, 0.5) is 23.3 Å². The van der Waals surface area contributed by atoms with Crippen LogP contribution < -0.4 is 21.3 Å². The summed E-state index contributed by atoms with van der Waals surface area (Å²) in [5.41, 5.74) is 2.02. The highest BCUT2D eigenvalue weighted by Gasteiger charge is 2.04. The van der Waals surface area contributed by atoms with Gasteiger partial charge in [-0.3, -0.25) is 0 Å². The number of unbranched alkanes of at least 4 members (excludes halogenated alkanes) is 6. The quantitative estimate of drug-likeness (QED) is 0.0320. The van der Waals surface area contributed by atoms with Crippen LogP contribution in [0.1, 0.15) is 65.2 Å². The maximum atomic E-state index is 5.27. The predicted octanol–water partition coefficient (Wildman–Crippen LogP) is 7.69. The number of hydrogen-bond acceptors (Lipinski definition) is 12. The Bertz CT molecular complexity index is 1150. The first kappa shape index (κ1) is 32.1. The highest BCUT2D eigenvalue weighted by molar-refractivity contribution is 7.99. The molecule has 1 aromatic carbocycles. The lowest BCUT2D eigenvalue weighted by molar-refractivity contribution is 0.682. The van der Waals surface area contributed by atoms with Crippen molar-refractivity contribution in [3.05, 3.63) is 33.8 Å². The van der Waals surface area contributed by atoms with Gasteiger partial charge in [-0.05, 0) is 61.5 Å². The lowest BCUT2D eigenvalue weighted by atomic mass is 10.2. The topological polar surface area (TPSA) is 131 Å². The highest BCUT2D eigenvalue weighted by Crippen LogP contribution is 2.20. The Morgan fingerprint density at radius 1 is 0.600 bits per heavy atom. The van der Waals surface area contributed by atoms with Gasteiger partial charge in [0.25, 0.3) is 0 Å². The van der Waals surface area contributed by atoms with Gasteiger partial charge >= 0.3 is 0 Å². The molecule has 3 rings (SSSR count). The van der Waals surface area contributed by atoms with Crippen LogP contribution in [0.15, 0.2) is 34.6 Å². The number of aromatic nitrogens is 6. The van der Waals surface area contributed by atoms with E-state index >= 15 is 0 Å². The van der Waals surface area contributed by atoms with E-state index in [1.165, 1.54) is 62.0 Å². The lowest BCUT2D eigenvalue weighted by Crippen LogP contribution is -2.08. The maximum Gasteiger partial charge on any atom is 0.204 e. The monoisotopic (exact) mass is 620 g/mol. The number of H-pyrrole nitrogens is 2. The molecular formula is C26H40N10S4. The molecule has 0 radical (unpaired) electrons. The van der Waals surface area contributed by atoms with Gasteiger partial charge in [0.2, 0.25) is 21.4 Å². The average Bonchev–Trinajstić information content (AvgIpc) is 2.93. The molecule has 0 aliphatic rings. The molecule has 0 saturated heterocycles. The Balaban J connectivity index is 1.38. The summed E-state index contributed by atoms with van der Waals surface area (Å²) < 4.78 is 0.861. The summed E-state index contributed by atoms with van der Waals surface area (Å²) in [5, 5.41) is 14.7. The van der Waals surface area contributed by atoms with Gasteiger partial charge in [0.15, 0.2) is 10.3 Å². The molecule has 2 heterocycles. The van der Waals surface area contributed by atoms with Gasteiger partial charge < -0.3 is 31.2 Å². The largest absolute Gasteiger partial charge is 0.376 e. The normalized spacial score (nSPS) is 10.8. The first-order valence-corrected chi connectivity index (χ1v) is 16.6. The summed E-state index contributed by atoms with van der Waals surface area (Å²) in [6.07, 6.45) is 9.58. The molecule has 0 saturated carbocycles. The van der Waals surface area contributed by atoms with E-state index in [-0.39, 0.29) is 0 Å². The second kappa shape index (κ2) is 18.8. The summed E-state index contributed by atoms with van der Waals surface area (Å²) in [6.45, 7) is 6.15. The first-order chi connectivity index (χ1) is 19.6. The van der Waals surface area contributed by atoms with E-state index in [9.17, 15) is 0 Å². The van der Waals surface area contributed by atoms with Crippen molar-refractivity contribution in [1.82, 2.24) is 29.9 Å². The van der Waals surface area contributed by atoms with Crippen LogP contribution in [-0.4, -0.2) is 54.7 Å². The third-order valence-electron chi connectivity index (χ3n) is 5.75. The number of nitrogens with one attached hydrogen (secondary N) is 6. The SMILES string of the molecule is CCCCCCNc1nc(SCNc2ccc(NCSc3nc(NCCCCCC)[nH]c(=S)n3)cc2)nc(=S)[nH]1. The van der Waals surface area contributed by atoms with E-state index < -0.39 is 0 Å². The molecule has 40 heavy (non-hydrogen) atoms. The molecule has 0 aliphatic carbocycles. The van der Waals surface area contributed by atoms with Crippen molar-refractivity contribution >= 4 is 71.2 Å². The zero-order valence-corrected chi connectivity index (χ0v) is 26.5. The van der Waals surface area contributed by atoms with Crippen LogP contribution in [0.3, 0.4) is 0 Å². The van der Waals surface area contributed by atoms with E-state index in [0.717, 1.165) is 37.3 Å². The van der Waals surface area contributed by atoms with E-state index in [1.54, 1.807) is 0 Å². The lowest BCUT2D eigenvalue weighted by Gasteiger charge is -2.10. The van der Waals surface area contributed by atoms with Crippen LogP contribution in [0.25, 0.3) is 0 Å². The fourth-order valence-corrected chi connectivity index (χ4v) is 5.46. The van der Waals surface area contributed by atoms with Crippen molar-refractivity contribution in [2.45, 2.75) is 75.5 Å². The van der Waals surface area contributed by atoms with Crippen molar-refractivity contribution in [3.63, 3.8) is 0 Å². The third kappa shape index (κ3) is 12.8. The Labute approximate surface area is 255 Å². The van der Waals surface area contributed by atoms with E-state index in [2.05, 4.69) is 65.0 Å². The van der Waals surface area contributed by atoms with Gasteiger partial charge in [0.05, 0.1) is 11.8 Å². The van der Waals surface area contributed by atoms with Crippen molar-refractivity contribution in [2.24, 2.45) is 0 Å². The number of nitrogens with zero attached hydrogens (tertiary/aromatic N) is 4. The minimum atomic E-state index is 0.430. The molecule has 3 aromatic rings. The van der Waals surface area contributed by atoms with E-state index in [1.807, 2.05) is 24.3 Å². The highest BCUT2D eigenvalue weighted by atomic mass is 32.2. The van der Waals surface area contributed by atoms with E-state index in [0.29, 0.717) is 43.5 Å². The predicted molar refractivity (Wildman–Crippen MR) is 175 cm³/mol. The first-order valence-electron chi connectivity index (χ1n) is 13.8. The molecule has 0 amide bonds. The molecule has 14 heteroatoms. The summed E-state index contributed by atoms with van der Waals surface area (Å²) in [6, 6.07) is 8.13. The Hall–Kier alpha value is -2.42. The molecule has 0 unspecified atom stereocenters. The van der Waals surface area contributed by atoms with Crippen molar-refractivity contribution in [2.75, 3.05) is 46.1 Å². The van der Waals surface area contributed by atoms with Gasteiger partial charge in [0.1, 0.15) is 0 Å². The second-order valence-corrected chi connectivity index (χ2v) is 11.7. The molecule has 0 spiro atoms. The molecule has 2 aromatic heterocycles. The molecule has 6 N–H and O–H groups in total. The van der Waals surface area contributed by atoms with Crippen molar-refractivity contribution in [1.29, 1.82) is 0 Å². The van der Waals surface area contributed by atoms with Crippen LogP contribution >= 0.6 is 48.0 Å². The van der Waals surface area contributed by atoms with Crippen molar-refractivity contribution < 1.29 is 0 Å². The van der Waals surface area contributed by atoms with Gasteiger partial charge in [-0.2, -0.15) is 19.9 Å². The number of benzene rings is 1. The molecule has 0 aliphatic heterocycles. The Morgan fingerprint density at radius 3 is 1.43 bits per heavy atom. The van der Waals surface area contributed by atoms with Crippen LogP contribution in [-0.2, 0) is 0 Å². The Morgan fingerprint density at radius 2 is 1.02 bits per heavy atom. The number of thioether (sulfide) groups is 2. The molecule has 10 nitrogen and oxygen atoms in total. The fraction of sp³-hybridized carbons (Fsp3) is 0.538. The van der Waals surface area contributed by atoms with Gasteiger partial charge in [0, 0.05) is 24.5 Å². The molecule has 218 valence electrons. The van der Waals surface area contributed by atoms with Gasteiger partial charge in [-0.15, -0.1) is 0 Å². The number of aromatic amines is 2. The minimum Gasteiger partial charge on any atom is -0.376 e. The molecule has 0 bridgehead atoms. The van der Waals surface area contributed by atoms with E-state index in [4.69, 9.17) is 24.4 Å². The zero-order chi connectivity index (χ0) is 28.4. The second-order valence-electron chi connectivity index (χ2n) is 9.05. The fourth-order valence-electron chi connectivity index (χ4n) is 3.62. The summed E-state index contributed by atoms with van der Waals surface area (Å²) >= 11 is 13.5. The standard InChI is InChI=1S/C26H40N10S4/c1-3-5-7-9-15-27-21-31-23(37)35-25(33-21)39-17-29-19-11-13-20(14-12-19)30-18-40-26-34-22(32-24(38)36-26)28-16-10-8-6-4-2/h11-14,29-30H,3-10,15-18H2,1-2H3,(H2,27,31,33,35,37)(H2,28,32,34,36,38). The number of hydrogen-bond donors (Lipinski definition) is 6. The van der Waals surface area contributed by atoms with Crippen LogP contribution in [0, 0.1) is 9.54 Å². The van der Waals surface area contributed by atoms with Gasteiger partial charge in [-0.25, -0.2) is 0 Å². The number of rotatable bonds is 20. The number of anilines is 4. The summed E-state index contributed by atoms with van der Waals surface area (Å²) in [4.78, 5) is 23.8. The van der Waals surface area contributed by atoms with Gasteiger partial charge in [-0.1, -0.05) is 75.9 Å². The van der Waals surface area contributed by atoms with Crippen LogP contribution in [0.2, 0.25) is 0 Å². The van der Waals surface area contributed by atoms with Crippen molar-refractivity contribution in [3.8, 4) is 0 Å². The smallest absolute Gasteiger partial charge is 0.204 e. The maximum absolute atomic E-state index is 5.27. The van der Waals surface area contributed by atoms with Crippen LogP contribution in [0.5, 0.6) is 0 Å². The summed E-state index contributed by atoms with van der Waals surface area (Å²) in [7, 11) is 0. The summed E-state index contributed by atoms with van der Waals surface area (Å²) in [5.74, 6) is 2.59. The average molecular weight is 621 g/mol. The minimum absolute atomic E-state index is 0.430. The molecule has 0 atom stereocenters.